The zero-order valence-corrected chi connectivity index (χ0v) is 13.2. The average molecular weight is 329 g/mol. The lowest BCUT2D eigenvalue weighted by Crippen LogP contribution is -2.26. The summed E-state index contributed by atoms with van der Waals surface area (Å²) in [5.74, 6) is -1.15. The van der Waals surface area contributed by atoms with Gasteiger partial charge in [0.25, 0.3) is 0 Å². The number of nitrogens with zero attached hydrogens (tertiary/aromatic N) is 2. The zero-order valence-electron chi connectivity index (χ0n) is 12.4. The minimum absolute atomic E-state index is 0.0934. The van der Waals surface area contributed by atoms with E-state index in [1.54, 1.807) is 19.2 Å². The Hall–Kier alpha value is -2.54. The van der Waals surface area contributed by atoms with Gasteiger partial charge in [0.05, 0.1) is 10.5 Å². The van der Waals surface area contributed by atoms with Crippen molar-refractivity contribution < 1.29 is 14.0 Å². The molecule has 0 fully saturated rings. The van der Waals surface area contributed by atoms with E-state index in [9.17, 15) is 14.0 Å². The molecule has 0 radical (unpaired) electrons. The smallest absolute Gasteiger partial charge is 0.220 e. The second kappa shape index (κ2) is 5.92. The van der Waals surface area contributed by atoms with Crippen molar-refractivity contribution >= 4 is 29.0 Å². The first-order valence-corrected chi connectivity index (χ1v) is 7.96. The highest BCUT2D eigenvalue weighted by molar-refractivity contribution is 8.03. The lowest BCUT2D eigenvalue weighted by atomic mass is 9.98. The van der Waals surface area contributed by atoms with Gasteiger partial charge in [-0.25, -0.2) is 14.4 Å². The molecule has 0 amide bonds. The topological polar surface area (TPSA) is 72.0 Å². The summed E-state index contributed by atoms with van der Waals surface area (Å²) in [7, 11) is 0. The van der Waals surface area contributed by atoms with Gasteiger partial charge in [-0.1, -0.05) is 6.07 Å². The highest BCUT2D eigenvalue weighted by Gasteiger charge is 2.33. The minimum Gasteiger partial charge on any atom is -0.351 e. The van der Waals surface area contributed by atoms with E-state index in [1.807, 2.05) is 0 Å². The van der Waals surface area contributed by atoms with E-state index < -0.39 is 5.82 Å². The molecule has 1 aliphatic carbocycles. The fourth-order valence-electron chi connectivity index (χ4n) is 2.31. The van der Waals surface area contributed by atoms with Crippen molar-refractivity contribution in [3.05, 3.63) is 64.0 Å². The summed E-state index contributed by atoms with van der Waals surface area (Å²) in [6, 6.07) is 4.22. The molecule has 1 aromatic carbocycles. The molecule has 0 spiro atoms. The quantitative estimate of drug-likeness (QED) is 0.933. The van der Waals surface area contributed by atoms with Crippen molar-refractivity contribution in [2.24, 2.45) is 0 Å². The van der Waals surface area contributed by atoms with Gasteiger partial charge >= 0.3 is 0 Å². The number of halogens is 1. The number of thioether (sulfide) groups is 1. The number of carbonyl (C=O) groups excluding carboxylic acids is 2. The number of aromatic nitrogens is 2. The van der Waals surface area contributed by atoms with Gasteiger partial charge in [-0.05, 0) is 30.9 Å². The Balaban J connectivity index is 2.11. The molecule has 3 rings (SSSR count). The van der Waals surface area contributed by atoms with E-state index in [0.29, 0.717) is 5.69 Å². The van der Waals surface area contributed by atoms with Crippen molar-refractivity contribution in [2.75, 3.05) is 11.6 Å². The van der Waals surface area contributed by atoms with Crippen LogP contribution in [0.1, 0.15) is 26.4 Å². The van der Waals surface area contributed by atoms with Gasteiger partial charge < -0.3 is 5.32 Å². The highest BCUT2D eigenvalue weighted by Crippen LogP contribution is 2.31. The normalized spacial score (nSPS) is 14.0. The van der Waals surface area contributed by atoms with E-state index in [4.69, 9.17) is 0 Å². The monoisotopic (exact) mass is 329 g/mol. The second-order valence-corrected chi connectivity index (χ2v) is 5.75. The molecule has 0 unspecified atom stereocenters. The zero-order chi connectivity index (χ0) is 16.6. The lowest BCUT2D eigenvalue weighted by molar-refractivity contribution is 0.0978. The largest absolute Gasteiger partial charge is 0.351 e. The molecule has 7 heteroatoms. The van der Waals surface area contributed by atoms with Crippen molar-refractivity contribution in [3.63, 3.8) is 0 Å². The number of fused-ring (bicyclic) bond motifs is 1. The fourth-order valence-corrected chi connectivity index (χ4v) is 2.94. The fraction of sp³-hybridized carbons (Fsp3) is 0.125. The van der Waals surface area contributed by atoms with Crippen molar-refractivity contribution in [2.45, 2.75) is 6.92 Å². The van der Waals surface area contributed by atoms with Gasteiger partial charge in [-0.15, -0.1) is 11.8 Å². The van der Waals surface area contributed by atoms with Crippen LogP contribution in [0.2, 0.25) is 0 Å². The van der Waals surface area contributed by atoms with Crippen LogP contribution in [0, 0.1) is 12.7 Å². The Labute approximate surface area is 136 Å². The van der Waals surface area contributed by atoms with Gasteiger partial charge in [-0.2, -0.15) is 0 Å². The van der Waals surface area contributed by atoms with Crippen LogP contribution in [-0.2, 0) is 0 Å². The predicted molar refractivity (Wildman–Crippen MR) is 86.0 cm³/mol. The van der Waals surface area contributed by atoms with Crippen LogP contribution in [0.5, 0.6) is 0 Å². The number of allylic oxidation sites excluding steroid dienone is 2. The second-order valence-electron chi connectivity index (χ2n) is 4.94. The van der Waals surface area contributed by atoms with Gasteiger partial charge in [0.1, 0.15) is 23.5 Å². The Morgan fingerprint density at radius 2 is 2.00 bits per heavy atom. The molecule has 116 valence electrons. The standard InChI is InChI=1S/C16H12FN3O2S/c1-8-3-4-9(17)5-11(8)20-13-14(21)10-6-18-7-19-12(10)15(22)16(13)23-2/h3-7,20H,1-2H3. The van der Waals surface area contributed by atoms with Crippen LogP contribution in [0.25, 0.3) is 0 Å². The molecule has 1 heterocycles. The van der Waals surface area contributed by atoms with Crippen LogP contribution in [0.15, 0.2) is 41.3 Å². The summed E-state index contributed by atoms with van der Waals surface area (Å²) in [5.41, 5.74) is 1.56. The number of hydrogen-bond acceptors (Lipinski definition) is 6. The van der Waals surface area contributed by atoms with Crippen molar-refractivity contribution in [3.8, 4) is 0 Å². The highest BCUT2D eigenvalue weighted by atomic mass is 32.2. The summed E-state index contributed by atoms with van der Waals surface area (Å²) >= 11 is 1.15. The lowest BCUT2D eigenvalue weighted by Gasteiger charge is -2.20. The predicted octanol–water partition coefficient (Wildman–Crippen LogP) is 2.99. The number of Topliss-reactive ketones (excluding diaryl/α,β-unsaturated/α-hetero) is 2. The first kappa shape index (κ1) is 15.4. The number of nitrogens with one attached hydrogen (secondary N) is 1. The molecule has 2 aromatic rings. The molecule has 1 aromatic heterocycles. The summed E-state index contributed by atoms with van der Waals surface area (Å²) in [6.07, 6.45) is 4.25. The van der Waals surface area contributed by atoms with Gasteiger partial charge in [0.15, 0.2) is 0 Å². The first-order valence-electron chi connectivity index (χ1n) is 6.73. The third kappa shape index (κ3) is 2.63. The van der Waals surface area contributed by atoms with Gasteiger partial charge in [0, 0.05) is 11.9 Å². The minimum atomic E-state index is -0.428. The number of rotatable bonds is 3. The molecule has 23 heavy (non-hydrogen) atoms. The number of ketones is 2. The molecule has 0 bridgehead atoms. The molecule has 1 N–H and O–H groups in total. The Bertz CT molecular complexity index is 864. The number of hydrogen-bond donors (Lipinski definition) is 1. The van der Waals surface area contributed by atoms with Crippen LogP contribution in [0.4, 0.5) is 10.1 Å². The van der Waals surface area contributed by atoms with E-state index in [2.05, 4.69) is 15.3 Å². The molecule has 0 saturated carbocycles. The first-order chi connectivity index (χ1) is 11.0. The maximum Gasteiger partial charge on any atom is 0.220 e. The van der Waals surface area contributed by atoms with Crippen LogP contribution in [0.3, 0.4) is 0 Å². The Morgan fingerprint density at radius 3 is 2.74 bits per heavy atom. The maximum atomic E-state index is 13.5. The SMILES string of the molecule is CSC1=C(Nc2cc(F)ccc2C)C(=O)c2cncnc2C1=O. The molecule has 1 aliphatic rings. The number of benzene rings is 1. The molecule has 0 aliphatic heterocycles. The molecule has 0 saturated heterocycles. The molecular formula is C16H12FN3O2S. The molecule has 5 nitrogen and oxygen atoms in total. The molecule has 0 atom stereocenters. The average Bonchev–Trinajstić information content (AvgIpc) is 2.56. The Morgan fingerprint density at radius 1 is 1.22 bits per heavy atom. The summed E-state index contributed by atoms with van der Waals surface area (Å²) in [4.78, 5) is 33.1. The Kier molecular flexibility index (Phi) is 3.96. The third-order valence-corrected chi connectivity index (χ3v) is 4.29. The van der Waals surface area contributed by atoms with Crippen molar-refractivity contribution in [1.29, 1.82) is 0 Å². The van der Waals surface area contributed by atoms with E-state index >= 15 is 0 Å². The van der Waals surface area contributed by atoms with E-state index in [-0.39, 0.29) is 33.4 Å². The van der Waals surface area contributed by atoms with Gasteiger partial charge in [-0.3, -0.25) is 9.59 Å². The number of aryl methyl sites for hydroxylation is 1. The van der Waals surface area contributed by atoms with Crippen LogP contribution in [-0.4, -0.2) is 27.8 Å². The summed E-state index contributed by atoms with van der Waals surface area (Å²) in [5, 5.41) is 2.90. The van der Waals surface area contributed by atoms with Crippen LogP contribution >= 0.6 is 11.8 Å². The molecular weight excluding hydrogens is 317 g/mol. The van der Waals surface area contributed by atoms with Gasteiger partial charge in [0.2, 0.25) is 11.6 Å². The van der Waals surface area contributed by atoms with E-state index in [1.165, 1.54) is 24.7 Å². The summed E-state index contributed by atoms with van der Waals surface area (Å²) in [6.45, 7) is 1.78. The van der Waals surface area contributed by atoms with Crippen LogP contribution < -0.4 is 5.32 Å². The van der Waals surface area contributed by atoms with E-state index in [0.717, 1.165) is 17.3 Å². The summed E-state index contributed by atoms with van der Waals surface area (Å²) < 4.78 is 13.5. The third-order valence-electron chi connectivity index (χ3n) is 3.50. The number of anilines is 1. The van der Waals surface area contributed by atoms with Crippen molar-refractivity contribution in [1.82, 2.24) is 9.97 Å². The maximum absolute atomic E-state index is 13.5. The number of carbonyl (C=O) groups is 2.